The van der Waals surface area contributed by atoms with Crippen molar-refractivity contribution in [2.75, 3.05) is 18.7 Å². The average molecular weight is 434 g/mol. The molecule has 158 valence electrons. The zero-order chi connectivity index (χ0) is 21.6. The second-order valence-electron chi connectivity index (χ2n) is 7.07. The lowest BCUT2D eigenvalue weighted by Gasteiger charge is -2.04. The molecule has 4 aromatic rings. The number of benzene rings is 2. The van der Waals surface area contributed by atoms with Crippen LogP contribution in [0.2, 0.25) is 0 Å². The minimum Gasteiger partial charge on any atom is -0.468 e. The van der Waals surface area contributed by atoms with E-state index in [-0.39, 0.29) is 12.7 Å². The SMILES string of the molecule is CCOCOc1ccc2nc(NC(=O)c3ccc(Cc4ccc(C)cc4)cn3)sc2c1. The summed E-state index contributed by atoms with van der Waals surface area (Å²) in [5.74, 6) is 0.419. The monoisotopic (exact) mass is 433 g/mol. The van der Waals surface area contributed by atoms with Crippen LogP contribution in [0.15, 0.2) is 60.8 Å². The zero-order valence-corrected chi connectivity index (χ0v) is 18.2. The van der Waals surface area contributed by atoms with Gasteiger partial charge in [-0.3, -0.25) is 15.1 Å². The lowest BCUT2D eigenvalue weighted by molar-refractivity contribution is 0.0225. The van der Waals surface area contributed by atoms with E-state index in [2.05, 4.69) is 46.5 Å². The summed E-state index contributed by atoms with van der Waals surface area (Å²) in [6, 6.07) is 17.7. The topological polar surface area (TPSA) is 73.3 Å². The average Bonchev–Trinajstić information content (AvgIpc) is 3.17. The number of carbonyl (C=O) groups is 1. The summed E-state index contributed by atoms with van der Waals surface area (Å²) in [5.41, 5.74) is 4.65. The molecule has 4 rings (SSSR count). The fourth-order valence-electron chi connectivity index (χ4n) is 3.01. The number of nitrogens with one attached hydrogen (secondary N) is 1. The van der Waals surface area contributed by atoms with Gasteiger partial charge in [0.25, 0.3) is 5.91 Å². The third-order valence-electron chi connectivity index (χ3n) is 4.68. The molecule has 1 amide bonds. The summed E-state index contributed by atoms with van der Waals surface area (Å²) in [6.45, 7) is 4.78. The Balaban J connectivity index is 1.40. The molecule has 6 nitrogen and oxygen atoms in total. The molecular formula is C24H23N3O3S. The van der Waals surface area contributed by atoms with Crippen molar-refractivity contribution in [2.24, 2.45) is 0 Å². The highest BCUT2D eigenvalue weighted by Crippen LogP contribution is 2.29. The molecule has 2 aromatic carbocycles. The van der Waals surface area contributed by atoms with Gasteiger partial charge in [-0.2, -0.15) is 0 Å². The first kappa shape index (κ1) is 21.0. The predicted octanol–water partition coefficient (Wildman–Crippen LogP) is 5.22. The van der Waals surface area contributed by atoms with E-state index in [1.807, 2.05) is 31.2 Å². The van der Waals surface area contributed by atoms with Crippen LogP contribution in [0.4, 0.5) is 5.13 Å². The highest BCUT2D eigenvalue weighted by atomic mass is 32.1. The van der Waals surface area contributed by atoms with Gasteiger partial charge in [0.2, 0.25) is 0 Å². The molecular weight excluding hydrogens is 410 g/mol. The molecule has 0 aliphatic rings. The van der Waals surface area contributed by atoms with Crippen LogP contribution in [0, 0.1) is 6.92 Å². The highest BCUT2D eigenvalue weighted by molar-refractivity contribution is 7.22. The van der Waals surface area contributed by atoms with E-state index >= 15 is 0 Å². The number of hydrogen-bond acceptors (Lipinski definition) is 6. The summed E-state index contributed by atoms with van der Waals surface area (Å²) in [7, 11) is 0. The van der Waals surface area contributed by atoms with Crippen molar-refractivity contribution in [1.82, 2.24) is 9.97 Å². The van der Waals surface area contributed by atoms with Gasteiger partial charge < -0.3 is 9.47 Å². The van der Waals surface area contributed by atoms with E-state index in [0.717, 1.165) is 22.2 Å². The Bertz CT molecular complexity index is 1170. The minimum atomic E-state index is -0.284. The van der Waals surface area contributed by atoms with E-state index in [0.29, 0.717) is 23.2 Å². The van der Waals surface area contributed by atoms with E-state index in [9.17, 15) is 4.79 Å². The van der Waals surface area contributed by atoms with Crippen molar-refractivity contribution in [3.8, 4) is 5.75 Å². The van der Waals surface area contributed by atoms with Crippen LogP contribution < -0.4 is 10.1 Å². The number of aromatic nitrogens is 2. The van der Waals surface area contributed by atoms with Crippen LogP contribution in [0.5, 0.6) is 5.75 Å². The second kappa shape index (κ2) is 9.68. The number of nitrogens with zero attached hydrogens (tertiary/aromatic N) is 2. The van der Waals surface area contributed by atoms with Crippen molar-refractivity contribution in [2.45, 2.75) is 20.3 Å². The van der Waals surface area contributed by atoms with Gasteiger partial charge in [-0.1, -0.05) is 47.2 Å². The number of anilines is 1. The van der Waals surface area contributed by atoms with E-state index < -0.39 is 0 Å². The molecule has 0 saturated carbocycles. The molecule has 31 heavy (non-hydrogen) atoms. The van der Waals surface area contributed by atoms with Crippen molar-refractivity contribution in [3.05, 3.63) is 83.2 Å². The maximum absolute atomic E-state index is 12.6. The molecule has 0 saturated heterocycles. The Labute approximate surface area is 184 Å². The summed E-state index contributed by atoms with van der Waals surface area (Å²) >= 11 is 1.39. The molecule has 2 heterocycles. The lowest BCUT2D eigenvalue weighted by Crippen LogP contribution is -2.13. The summed E-state index contributed by atoms with van der Waals surface area (Å²) in [6.07, 6.45) is 2.52. The molecule has 0 atom stereocenters. The standard InChI is InChI=1S/C24H23N3O3S/c1-3-29-15-30-19-9-11-20-22(13-19)31-24(26-20)27-23(28)21-10-8-18(14-25-21)12-17-6-4-16(2)5-7-17/h4-11,13-14H,3,12,15H2,1-2H3,(H,26,27,28). The van der Waals surface area contributed by atoms with Crippen molar-refractivity contribution in [1.29, 1.82) is 0 Å². The van der Waals surface area contributed by atoms with E-state index in [1.54, 1.807) is 12.3 Å². The zero-order valence-electron chi connectivity index (χ0n) is 17.4. The Morgan fingerprint density at radius 3 is 2.61 bits per heavy atom. The number of ether oxygens (including phenoxy) is 2. The number of rotatable bonds is 8. The summed E-state index contributed by atoms with van der Waals surface area (Å²) < 4.78 is 11.7. The van der Waals surface area contributed by atoms with E-state index in [1.165, 1.54) is 22.5 Å². The molecule has 0 bridgehead atoms. The van der Waals surface area contributed by atoms with Gasteiger partial charge in [0, 0.05) is 12.8 Å². The normalized spacial score (nSPS) is 10.9. The maximum atomic E-state index is 12.6. The number of aryl methyl sites for hydroxylation is 1. The fraction of sp³-hybridized carbons (Fsp3) is 0.208. The molecule has 0 fully saturated rings. The van der Waals surface area contributed by atoms with Crippen LogP contribution in [0.25, 0.3) is 10.2 Å². The van der Waals surface area contributed by atoms with Crippen LogP contribution in [-0.2, 0) is 11.2 Å². The number of fused-ring (bicyclic) bond motifs is 1. The Hall–Kier alpha value is -3.29. The first-order valence-electron chi connectivity index (χ1n) is 10.0. The number of carbonyl (C=O) groups excluding carboxylic acids is 1. The fourth-order valence-corrected chi connectivity index (χ4v) is 3.90. The Kier molecular flexibility index (Phi) is 6.54. The Morgan fingerprint density at radius 1 is 1.06 bits per heavy atom. The van der Waals surface area contributed by atoms with Crippen LogP contribution in [-0.4, -0.2) is 29.3 Å². The van der Waals surface area contributed by atoms with Gasteiger partial charge in [0.05, 0.1) is 10.2 Å². The maximum Gasteiger partial charge on any atom is 0.276 e. The molecule has 7 heteroatoms. The number of pyridine rings is 1. The molecule has 2 aromatic heterocycles. The predicted molar refractivity (Wildman–Crippen MR) is 123 cm³/mol. The third kappa shape index (κ3) is 5.45. The van der Waals surface area contributed by atoms with Gasteiger partial charge in [-0.15, -0.1) is 0 Å². The summed E-state index contributed by atoms with van der Waals surface area (Å²) in [4.78, 5) is 21.4. The highest BCUT2D eigenvalue weighted by Gasteiger charge is 2.12. The Morgan fingerprint density at radius 2 is 1.87 bits per heavy atom. The molecule has 0 aliphatic carbocycles. The smallest absolute Gasteiger partial charge is 0.276 e. The summed E-state index contributed by atoms with van der Waals surface area (Å²) in [5, 5.41) is 3.36. The largest absolute Gasteiger partial charge is 0.468 e. The van der Waals surface area contributed by atoms with Crippen LogP contribution >= 0.6 is 11.3 Å². The van der Waals surface area contributed by atoms with Crippen LogP contribution in [0.3, 0.4) is 0 Å². The van der Waals surface area contributed by atoms with E-state index in [4.69, 9.17) is 9.47 Å². The van der Waals surface area contributed by atoms with Gasteiger partial charge >= 0.3 is 0 Å². The number of thiazole rings is 1. The molecule has 0 unspecified atom stereocenters. The number of hydrogen-bond donors (Lipinski definition) is 1. The minimum absolute atomic E-state index is 0.204. The quantitative estimate of drug-likeness (QED) is 0.305. The van der Waals surface area contributed by atoms with Gasteiger partial charge in [0.15, 0.2) is 11.9 Å². The molecule has 0 aliphatic heterocycles. The second-order valence-corrected chi connectivity index (χ2v) is 8.10. The van der Waals surface area contributed by atoms with Gasteiger partial charge in [-0.05, 0) is 55.7 Å². The van der Waals surface area contributed by atoms with Gasteiger partial charge in [0.1, 0.15) is 11.4 Å². The number of amides is 1. The van der Waals surface area contributed by atoms with Crippen LogP contribution in [0.1, 0.15) is 34.1 Å². The molecule has 0 spiro atoms. The van der Waals surface area contributed by atoms with Crippen molar-refractivity contribution >= 4 is 32.6 Å². The molecule has 1 N–H and O–H groups in total. The molecule has 0 radical (unpaired) electrons. The van der Waals surface area contributed by atoms with Crippen molar-refractivity contribution in [3.63, 3.8) is 0 Å². The lowest BCUT2D eigenvalue weighted by atomic mass is 10.1. The first-order chi connectivity index (χ1) is 15.1. The van der Waals surface area contributed by atoms with Gasteiger partial charge in [-0.25, -0.2) is 4.98 Å². The first-order valence-corrected chi connectivity index (χ1v) is 10.9. The van der Waals surface area contributed by atoms with Crippen molar-refractivity contribution < 1.29 is 14.3 Å². The third-order valence-corrected chi connectivity index (χ3v) is 5.61.